The molecule has 0 unspecified atom stereocenters. The maximum absolute atomic E-state index is 11.7. The van der Waals surface area contributed by atoms with Crippen molar-refractivity contribution in [1.29, 1.82) is 0 Å². The van der Waals surface area contributed by atoms with E-state index in [-0.39, 0.29) is 18.1 Å². The van der Waals surface area contributed by atoms with Crippen LogP contribution in [0.2, 0.25) is 0 Å². The fraction of sp³-hybridized carbons (Fsp3) is 0.583. The predicted molar refractivity (Wildman–Crippen MR) is 79.6 cm³/mol. The quantitative estimate of drug-likeness (QED) is 0.452. The van der Waals surface area contributed by atoms with Crippen LogP contribution in [-0.2, 0) is 4.74 Å². The normalized spacial score (nSPS) is 10.3. The van der Waals surface area contributed by atoms with Crippen molar-refractivity contribution in [1.82, 2.24) is 4.98 Å². The fourth-order valence-corrected chi connectivity index (χ4v) is 2.69. The highest BCUT2D eigenvalue weighted by atomic mass is 32.2. The summed E-state index contributed by atoms with van der Waals surface area (Å²) in [4.78, 5) is 27.7. The van der Waals surface area contributed by atoms with Crippen LogP contribution >= 0.6 is 23.1 Å². The van der Waals surface area contributed by atoms with Crippen LogP contribution < -0.4 is 5.32 Å². The van der Waals surface area contributed by atoms with Crippen LogP contribution in [0.1, 0.15) is 40.4 Å². The number of Topliss-reactive ketones (excluding diaryl/α,β-unsaturated/α-hetero) is 1. The highest BCUT2D eigenvalue weighted by Gasteiger charge is 2.21. The summed E-state index contributed by atoms with van der Waals surface area (Å²) in [6.45, 7) is 4.19. The average molecular weight is 302 g/mol. The van der Waals surface area contributed by atoms with E-state index in [4.69, 9.17) is 4.74 Å². The third-order valence-corrected chi connectivity index (χ3v) is 4.03. The number of rotatable bonds is 8. The van der Waals surface area contributed by atoms with Crippen molar-refractivity contribution in [3.05, 3.63) is 10.6 Å². The molecule has 1 aromatic heterocycles. The number of thioether (sulfide) groups is 1. The Labute approximate surface area is 121 Å². The summed E-state index contributed by atoms with van der Waals surface area (Å²) in [5.41, 5.74) is 0.117. The van der Waals surface area contributed by atoms with Gasteiger partial charge in [0, 0.05) is 13.5 Å². The number of ketones is 1. The minimum Gasteiger partial charge on any atom is -0.461 e. The van der Waals surface area contributed by atoms with Gasteiger partial charge >= 0.3 is 5.97 Å². The number of esters is 1. The molecule has 1 heterocycles. The first-order valence-corrected chi connectivity index (χ1v) is 8.22. The number of anilines is 1. The molecule has 0 spiro atoms. The standard InChI is InChI=1S/C12H18N2O3S2/c1-4-17-11(16)9-10(8(2)15)19-12(14-9)13-6-5-7-18-3/h4-7H2,1-3H3,(H,13,14). The summed E-state index contributed by atoms with van der Waals surface area (Å²) in [5.74, 6) is 0.349. The Bertz CT molecular complexity index is 446. The van der Waals surface area contributed by atoms with Crippen molar-refractivity contribution >= 4 is 40.0 Å². The van der Waals surface area contributed by atoms with Crippen molar-refractivity contribution in [3.63, 3.8) is 0 Å². The summed E-state index contributed by atoms with van der Waals surface area (Å²) in [7, 11) is 0. The lowest BCUT2D eigenvalue weighted by Crippen LogP contribution is -2.09. The van der Waals surface area contributed by atoms with Crippen LogP contribution in [0.15, 0.2) is 0 Å². The minimum absolute atomic E-state index is 0.117. The summed E-state index contributed by atoms with van der Waals surface area (Å²) < 4.78 is 4.90. The van der Waals surface area contributed by atoms with Gasteiger partial charge in [-0.25, -0.2) is 9.78 Å². The van der Waals surface area contributed by atoms with E-state index in [0.717, 1.165) is 18.7 Å². The van der Waals surface area contributed by atoms with E-state index in [1.807, 2.05) is 0 Å². The second-order valence-electron chi connectivity index (χ2n) is 3.75. The zero-order chi connectivity index (χ0) is 14.3. The van der Waals surface area contributed by atoms with Crippen LogP contribution in [0.3, 0.4) is 0 Å². The maximum Gasteiger partial charge on any atom is 0.358 e. The third-order valence-electron chi connectivity index (χ3n) is 2.22. The molecule has 0 atom stereocenters. The lowest BCUT2D eigenvalue weighted by Gasteiger charge is -2.00. The lowest BCUT2D eigenvalue weighted by molar-refractivity contribution is 0.0517. The molecule has 0 aliphatic heterocycles. The molecule has 0 aliphatic rings. The smallest absolute Gasteiger partial charge is 0.358 e. The molecule has 0 saturated heterocycles. The summed E-state index contributed by atoms with van der Waals surface area (Å²) >= 11 is 2.98. The van der Waals surface area contributed by atoms with Gasteiger partial charge in [0.2, 0.25) is 0 Å². The van der Waals surface area contributed by atoms with E-state index in [1.165, 1.54) is 18.3 Å². The van der Waals surface area contributed by atoms with Gasteiger partial charge in [-0.1, -0.05) is 11.3 Å². The molecule has 1 aromatic rings. The second-order valence-corrected chi connectivity index (χ2v) is 5.73. The minimum atomic E-state index is -0.541. The van der Waals surface area contributed by atoms with Crippen molar-refractivity contribution in [2.24, 2.45) is 0 Å². The Hall–Kier alpha value is -1.08. The van der Waals surface area contributed by atoms with Gasteiger partial charge in [0.25, 0.3) is 0 Å². The number of hydrogen-bond acceptors (Lipinski definition) is 7. The van der Waals surface area contributed by atoms with Gasteiger partial charge in [-0.05, 0) is 25.4 Å². The Morgan fingerprint density at radius 3 is 2.79 bits per heavy atom. The zero-order valence-corrected chi connectivity index (χ0v) is 12.9. The number of carbonyl (C=O) groups excluding carboxylic acids is 2. The molecular formula is C12H18N2O3S2. The van der Waals surface area contributed by atoms with Gasteiger partial charge in [0.1, 0.15) is 4.88 Å². The number of nitrogens with zero attached hydrogens (tertiary/aromatic N) is 1. The summed E-state index contributed by atoms with van der Waals surface area (Å²) in [6.07, 6.45) is 3.06. The molecule has 0 aromatic carbocycles. The van der Waals surface area contributed by atoms with E-state index in [1.54, 1.807) is 18.7 Å². The predicted octanol–water partition coefficient (Wildman–Crippen LogP) is 2.69. The van der Waals surface area contributed by atoms with Crippen LogP contribution in [0, 0.1) is 0 Å². The Balaban J connectivity index is 2.76. The lowest BCUT2D eigenvalue weighted by atomic mass is 10.3. The molecule has 0 bridgehead atoms. The molecule has 5 nitrogen and oxygen atoms in total. The SMILES string of the molecule is CCOC(=O)c1nc(NCCCSC)sc1C(C)=O. The second kappa shape index (κ2) is 8.16. The summed E-state index contributed by atoms with van der Waals surface area (Å²) in [6, 6.07) is 0. The molecular weight excluding hydrogens is 284 g/mol. The van der Waals surface area contributed by atoms with Gasteiger partial charge in [-0.15, -0.1) is 0 Å². The van der Waals surface area contributed by atoms with Crippen LogP contribution in [0.25, 0.3) is 0 Å². The first-order chi connectivity index (χ1) is 9.10. The molecule has 106 valence electrons. The Kier molecular flexibility index (Phi) is 6.86. The van der Waals surface area contributed by atoms with E-state index in [9.17, 15) is 9.59 Å². The van der Waals surface area contributed by atoms with Crippen molar-refractivity contribution < 1.29 is 14.3 Å². The van der Waals surface area contributed by atoms with Gasteiger partial charge in [-0.2, -0.15) is 11.8 Å². The fourth-order valence-electron chi connectivity index (χ4n) is 1.38. The molecule has 0 saturated carbocycles. The highest BCUT2D eigenvalue weighted by Crippen LogP contribution is 2.24. The van der Waals surface area contributed by atoms with Gasteiger partial charge in [0.15, 0.2) is 16.6 Å². The molecule has 1 N–H and O–H groups in total. The van der Waals surface area contributed by atoms with Crippen molar-refractivity contribution in [3.8, 4) is 0 Å². The van der Waals surface area contributed by atoms with E-state index < -0.39 is 5.97 Å². The van der Waals surface area contributed by atoms with Crippen LogP contribution in [0.4, 0.5) is 5.13 Å². The third kappa shape index (κ3) is 4.83. The monoisotopic (exact) mass is 302 g/mol. The Morgan fingerprint density at radius 2 is 2.21 bits per heavy atom. The first kappa shape index (κ1) is 16.0. The van der Waals surface area contributed by atoms with Crippen LogP contribution in [-0.4, -0.2) is 41.9 Å². The molecule has 0 amide bonds. The van der Waals surface area contributed by atoms with Crippen LogP contribution in [0.5, 0.6) is 0 Å². The van der Waals surface area contributed by atoms with E-state index in [0.29, 0.717) is 10.0 Å². The molecule has 19 heavy (non-hydrogen) atoms. The number of aromatic nitrogens is 1. The molecule has 0 radical (unpaired) electrons. The van der Waals surface area contributed by atoms with Crippen molar-refractivity contribution in [2.45, 2.75) is 20.3 Å². The van der Waals surface area contributed by atoms with E-state index >= 15 is 0 Å². The van der Waals surface area contributed by atoms with Gasteiger partial charge in [0.05, 0.1) is 6.61 Å². The number of hydrogen-bond donors (Lipinski definition) is 1. The zero-order valence-electron chi connectivity index (χ0n) is 11.3. The Morgan fingerprint density at radius 1 is 1.47 bits per heavy atom. The first-order valence-electron chi connectivity index (χ1n) is 6.01. The molecule has 1 rings (SSSR count). The van der Waals surface area contributed by atoms with Gasteiger partial charge in [-0.3, -0.25) is 4.79 Å². The number of thiazole rings is 1. The topological polar surface area (TPSA) is 68.3 Å². The average Bonchev–Trinajstić information content (AvgIpc) is 2.79. The van der Waals surface area contributed by atoms with E-state index in [2.05, 4.69) is 16.6 Å². The molecule has 0 aliphatic carbocycles. The number of ether oxygens (including phenoxy) is 1. The maximum atomic E-state index is 11.7. The largest absolute Gasteiger partial charge is 0.461 e. The molecule has 0 fully saturated rings. The van der Waals surface area contributed by atoms with Gasteiger partial charge < -0.3 is 10.1 Å². The summed E-state index contributed by atoms with van der Waals surface area (Å²) in [5, 5.41) is 3.72. The van der Waals surface area contributed by atoms with Crippen molar-refractivity contribution in [2.75, 3.05) is 30.5 Å². The highest BCUT2D eigenvalue weighted by molar-refractivity contribution is 7.98. The molecule has 7 heteroatoms. The number of carbonyl (C=O) groups is 2. The number of nitrogens with one attached hydrogen (secondary N) is 1.